The van der Waals surface area contributed by atoms with Gasteiger partial charge in [-0.2, -0.15) is 0 Å². The average Bonchev–Trinajstić information content (AvgIpc) is 2.10. The van der Waals surface area contributed by atoms with Crippen LogP contribution in [0, 0.1) is 0 Å². The lowest BCUT2D eigenvalue weighted by Crippen LogP contribution is -1.83. The van der Waals surface area contributed by atoms with E-state index in [1.165, 1.54) is 25.7 Å². The van der Waals surface area contributed by atoms with E-state index in [9.17, 15) is 0 Å². The van der Waals surface area contributed by atoms with Crippen molar-refractivity contribution < 1.29 is 15.0 Å². The van der Waals surface area contributed by atoms with E-state index in [1.54, 1.807) is 0 Å². The molecular weight excluding hydrogens is 204 g/mol. The van der Waals surface area contributed by atoms with Crippen molar-refractivity contribution in [2.24, 2.45) is 0 Å². The lowest BCUT2D eigenvalue weighted by Gasteiger charge is -1.97. The van der Waals surface area contributed by atoms with Gasteiger partial charge in [0.2, 0.25) is 0 Å². The molecule has 0 atom stereocenters. The zero-order valence-electron chi connectivity index (χ0n) is 8.84. The summed E-state index contributed by atoms with van der Waals surface area (Å²) in [4.78, 5) is 9.00. The molecule has 0 aliphatic rings. The molecule has 0 fully saturated rings. The number of carboxylic acids is 1. The maximum atomic E-state index is 9.00. The quantitative estimate of drug-likeness (QED) is 0.516. The Hall–Kier alpha value is -0.280. The number of hydrogen-bond donors (Lipinski definition) is 2. The van der Waals surface area contributed by atoms with Crippen LogP contribution in [0.1, 0.15) is 45.4 Å². The van der Waals surface area contributed by atoms with Gasteiger partial charge in [-0.1, -0.05) is 25.7 Å². The molecule has 0 amide bonds. The molecule has 0 aromatic carbocycles. The highest BCUT2D eigenvalue weighted by atomic mass is 35.5. The van der Waals surface area contributed by atoms with Crippen LogP contribution in [-0.2, 0) is 4.79 Å². The molecule has 86 valence electrons. The number of alkyl halides is 1. The molecule has 0 aromatic rings. The minimum Gasteiger partial charge on any atom is -0.481 e. The highest BCUT2D eigenvalue weighted by Crippen LogP contribution is 2.05. The fraction of sp³-hybridized carbons (Fsp3) is 0.900. The average molecular weight is 225 g/mol. The molecule has 0 saturated carbocycles. The van der Waals surface area contributed by atoms with Crippen molar-refractivity contribution in [2.75, 3.05) is 12.5 Å². The summed E-state index contributed by atoms with van der Waals surface area (Å²) in [5, 5.41) is 15.9. The van der Waals surface area contributed by atoms with E-state index in [1.807, 2.05) is 0 Å². The van der Waals surface area contributed by atoms with E-state index in [-0.39, 0.29) is 0 Å². The third kappa shape index (κ3) is 29.8. The molecule has 2 N–H and O–H groups in total. The molecule has 0 saturated heterocycles. The van der Waals surface area contributed by atoms with E-state index < -0.39 is 5.97 Å². The Kier molecular flexibility index (Phi) is 17.6. The first-order valence-electron chi connectivity index (χ1n) is 5.01. The molecule has 3 nitrogen and oxygen atoms in total. The van der Waals surface area contributed by atoms with Crippen LogP contribution in [0.25, 0.3) is 0 Å². The topological polar surface area (TPSA) is 57.5 Å². The van der Waals surface area contributed by atoms with Gasteiger partial charge in [-0.25, -0.2) is 0 Å². The number of unbranched alkanes of at least 4 members (excludes halogenated alkanes) is 5. The second kappa shape index (κ2) is 15.2. The monoisotopic (exact) mass is 224 g/mol. The SMILES string of the molecule is CC(=O)O.OCCCCCCCCCl. The fourth-order valence-electron chi connectivity index (χ4n) is 0.913. The van der Waals surface area contributed by atoms with E-state index in [2.05, 4.69) is 0 Å². The van der Waals surface area contributed by atoms with Crippen LogP contribution in [0.2, 0.25) is 0 Å². The first kappa shape index (κ1) is 16.2. The highest BCUT2D eigenvalue weighted by molar-refractivity contribution is 6.17. The molecule has 0 spiro atoms. The summed E-state index contributed by atoms with van der Waals surface area (Å²) in [6, 6.07) is 0. The largest absolute Gasteiger partial charge is 0.481 e. The lowest BCUT2D eigenvalue weighted by atomic mass is 10.1. The second-order valence-corrected chi connectivity index (χ2v) is 3.43. The number of aliphatic hydroxyl groups excluding tert-OH is 1. The van der Waals surface area contributed by atoms with Gasteiger partial charge < -0.3 is 10.2 Å². The molecule has 14 heavy (non-hydrogen) atoms. The maximum absolute atomic E-state index is 9.00. The van der Waals surface area contributed by atoms with E-state index in [0.717, 1.165) is 25.6 Å². The molecule has 0 radical (unpaired) electrons. The zero-order chi connectivity index (χ0) is 11.2. The number of aliphatic hydroxyl groups is 1. The van der Waals surface area contributed by atoms with Gasteiger partial charge in [-0.15, -0.1) is 11.6 Å². The zero-order valence-corrected chi connectivity index (χ0v) is 9.59. The van der Waals surface area contributed by atoms with Gasteiger partial charge in [-0.3, -0.25) is 4.79 Å². The summed E-state index contributed by atoms with van der Waals surface area (Å²) in [7, 11) is 0. The summed E-state index contributed by atoms with van der Waals surface area (Å²) in [5.41, 5.74) is 0. The van der Waals surface area contributed by atoms with Gasteiger partial charge >= 0.3 is 0 Å². The first-order valence-corrected chi connectivity index (χ1v) is 5.55. The van der Waals surface area contributed by atoms with Gasteiger partial charge in [0, 0.05) is 19.4 Å². The Morgan fingerprint density at radius 3 is 1.79 bits per heavy atom. The molecule has 0 rings (SSSR count). The molecule has 0 heterocycles. The van der Waals surface area contributed by atoms with Crippen LogP contribution >= 0.6 is 11.6 Å². The number of carboxylic acid groups (broad SMARTS) is 1. The normalized spacial score (nSPS) is 9.07. The van der Waals surface area contributed by atoms with Crippen LogP contribution in [0.4, 0.5) is 0 Å². The molecule has 0 unspecified atom stereocenters. The standard InChI is InChI=1S/C8H17ClO.C2H4O2/c9-7-5-3-1-2-4-6-8-10;1-2(3)4/h10H,1-8H2;1H3,(H,3,4). The number of aliphatic carboxylic acids is 1. The van der Waals surface area contributed by atoms with Crippen molar-refractivity contribution in [3.63, 3.8) is 0 Å². The van der Waals surface area contributed by atoms with Gasteiger partial charge in [0.25, 0.3) is 5.97 Å². The Bertz CT molecular complexity index is 106. The van der Waals surface area contributed by atoms with Crippen LogP contribution in [0.3, 0.4) is 0 Å². The Morgan fingerprint density at radius 2 is 1.43 bits per heavy atom. The molecule has 0 aliphatic heterocycles. The molecule has 0 aromatic heterocycles. The predicted octanol–water partition coefficient (Wildman–Crippen LogP) is 2.65. The molecule has 4 heteroatoms. The van der Waals surface area contributed by atoms with Crippen LogP contribution < -0.4 is 0 Å². The van der Waals surface area contributed by atoms with Crippen molar-refractivity contribution in [1.29, 1.82) is 0 Å². The molecule has 0 bridgehead atoms. The summed E-state index contributed by atoms with van der Waals surface area (Å²) < 4.78 is 0. The summed E-state index contributed by atoms with van der Waals surface area (Å²) in [5.74, 6) is -0.0417. The van der Waals surface area contributed by atoms with Crippen molar-refractivity contribution in [3.8, 4) is 0 Å². The minimum atomic E-state index is -0.833. The van der Waals surface area contributed by atoms with E-state index >= 15 is 0 Å². The third-order valence-corrected chi connectivity index (χ3v) is 1.81. The minimum absolute atomic E-state index is 0.343. The summed E-state index contributed by atoms with van der Waals surface area (Å²) >= 11 is 5.50. The van der Waals surface area contributed by atoms with Crippen LogP contribution in [0.15, 0.2) is 0 Å². The van der Waals surface area contributed by atoms with Crippen molar-refractivity contribution in [1.82, 2.24) is 0 Å². The predicted molar refractivity (Wildman–Crippen MR) is 58.8 cm³/mol. The Labute approximate surface area is 91.1 Å². The number of carbonyl (C=O) groups is 1. The van der Waals surface area contributed by atoms with E-state index in [0.29, 0.717) is 6.61 Å². The maximum Gasteiger partial charge on any atom is 0.300 e. The third-order valence-electron chi connectivity index (χ3n) is 1.54. The highest BCUT2D eigenvalue weighted by Gasteiger charge is 1.88. The van der Waals surface area contributed by atoms with Crippen LogP contribution in [-0.4, -0.2) is 28.7 Å². The molecular formula is C10H21ClO3. The first-order chi connectivity index (χ1) is 6.65. The number of halogens is 1. The van der Waals surface area contributed by atoms with Crippen LogP contribution in [0.5, 0.6) is 0 Å². The van der Waals surface area contributed by atoms with Crippen molar-refractivity contribution >= 4 is 17.6 Å². The summed E-state index contributed by atoms with van der Waals surface area (Å²) in [6.45, 7) is 1.43. The second-order valence-electron chi connectivity index (χ2n) is 3.05. The summed E-state index contributed by atoms with van der Waals surface area (Å²) in [6.07, 6.45) is 7.03. The smallest absolute Gasteiger partial charge is 0.300 e. The molecule has 0 aliphatic carbocycles. The van der Waals surface area contributed by atoms with Gasteiger partial charge in [-0.05, 0) is 12.8 Å². The fourth-order valence-corrected chi connectivity index (χ4v) is 1.10. The van der Waals surface area contributed by atoms with Crippen molar-refractivity contribution in [2.45, 2.75) is 45.4 Å². The lowest BCUT2D eigenvalue weighted by molar-refractivity contribution is -0.134. The van der Waals surface area contributed by atoms with Crippen molar-refractivity contribution in [3.05, 3.63) is 0 Å². The van der Waals surface area contributed by atoms with Gasteiger partial charge in [0.05, 0.1) is 0 Å². The van der Waals surface area contributed by atoms with E-state index in [4.69, 9.17) is 26.6 Å². The Balaban J connectivity index is 0. The number of rotatable bonds is 7. The number of hydrogen-bond acceptors (Lipinski definition) is 2. The van der Waals surface area contributed by atoms with Gasteiger partial charge in [0.15, 0.2) is 0 Å². The van der Waals surface area contributed by atoms with Gasteiger partial charge in [0.1, 0.15) is 0 Å². The Morgan fingerprint density at radius 1 is 1.07 bits per heavy atom.